The molecule has 0 spiro atoms. The van der Waals surface area contributed by atoms with Crippen molar-refractivity contribution in [2.75, 3.05) is 0 Å². The second-order valence-electron chi connectivity index (χ2n) is 3.16. The number of halogens is 1. The Kier molecular flexibility index (Phi) is 2.02. The lowest BCUT2D eigenvalue weighted by molar-refractivity contribution is 0.580. The van der Waals surface area contributed by atoms with E-state index < -0.39 is 0 Å². The van der Waals surface area contributed by atoms with Gasteiger partial charge in [-0.3, -0.25) is 4.40 Å². The Balaban J connectivity index is 2.33. The zero-order valence-electron chi connectivity index (χ0n) is 7.72. The van der Waals surface area contributed by atoms with Crippen molar-refractivity contribution in [1.29, 1.82) is 0 Å². The van der Waals surface area contributed by atoms with E-state index in [1.165, 1.54) is 0 Å². The largest absolute Gasteiger partial charge is 0.463 e. The van der Waals surface area contributed by atoms with Gasteiger partial charge in [0.05, 0.1) is 6.26 Å². The summed E-state index contributed by atoms with van der Waals surface area (Å²) in [7, 11) is 0. The quantitative estimate of drug-likeness (QED) is 0.646. The van der Waals surface area contributed by atoms with E-state index in [0.717, 1.165) is 20.8 Å². The number of furan rings is 1. The van der Waals surface area contributed by atoms with Gasteiger partial charge in [-0.25, -0.2) is 4.98 Å². The highest BCUT2D eigenvalue weighted by molar-refractivity contribution is 14.1. The summed E-state index contributed by atoms with van der Waals surface area (Å²) in [6, 6.07) is 9.74. The van der Waals surface area contributed by atoms with Gasteiger partial charge in [0.15, 0.2) is 5.76 Å². The maximum absolute atomic E-state index is 5.35. The van der Waals surface area contributed by atoms with Crippen molar-refractivity contribution < 1.29 is 4.42 Å². The van der Waals surface area contributed by atoms with Gasteiger partial charge in [0.1, 0.15) is 15.0 Å². The zero-order valence-corrected chi connectivity index (χ0v) is 9.88. The van der Waals surface area contributed by atoms with Crippen molar-refractivity contribution in [3.63, 3.8) is 0 Å². The lowest BCUT2D eigenvalue weighted by atomic mass is 10.4. The second-order valence-corrected chi connectivity index (χ2v) is 4.18. The van der Waals surface area contributed by atoms with Crippen molar-refractivity contribution in [3.05, 3.63) is 46.5 Å². The first-order valence-electron chi connectivity index (χ1n) is 4.53. The van der Waals surface area contributed by atoms with Crippen LogP contribution in [0.15, 0.2) is 47.2 Å². The van der Waals surface area contributed by atoms with Crippen molar-refractivity contribution in [2.24, 2.45) is 0 Å². The monoisotopic (exact) mass is 310 g/mol. The SMILES string of the molecule is Ic1c(-c2ccco2)nc2ccccn12. The van der Waals surface area contributed by atoms with E-state index in [0.29, 0.717) is 0 Å². The van der Waals surface area contributed by atoms with Gasteiger partial charge in [0.25, 0.3) is 0 Å². The second kappa shape index (κ2) is 3.37. The van der Waals surface area contributed by atoms with Crippen LogP contribution in [0.25, 0.3) is 17.1 Å². The molecule has 0 aliphatic carbocycles. The first kappa shape index (κ1) is 8.96. The Morgan fingerprint density at radius 3 is 2.87 bits per heavy atom. The van der Waals surface area contributed by atoms with Crippen LogP contribution in [0.5, 0.6) is 0 Å². The molecule has 0 aromatic carbocycles. The summed E-state index contributed by atoms with van der Waals surface area (Å²) in [6.07, 6.45) is 3.66. The molecule has 0 N–H and O–H groups in total. The van der Waals surface area contributed by atoms with Crippen LogP contribution in [0.3, 0.4) is 0 Å². The third kappa shape index (κ3) is 1.36. The van der Waals surface area contributed by atoms with Gasteiger partial charge >= 0.3 is 0 Å². The predicted octanol–water partition coefficient (Wildman–Crippen LogP) is 3.20. The van der Waals surface area contributed by atoms with Crippen LogP contribution in [0.2, 0.25) is 0 Å². The van der Waals surface area contributed by atoms with Crippen LogP contribution >= 0.6 is 22.6 Å². The molecule has 0 saturated carbocycles. The normalized spacial score (nSPS) is 11.0. The van der Waals surface area contributed by atoms with Crippen molar-refractivity contribution in [3.8, 4) is 11.5 Å². The van der Waals surface area contributed by atoms with E-state index in [4.69, 9.17) is 4.42 Å². The van der Waals surface area contributed by atoms with E-state index in [-0.39, 0.29) is 0 Å². The summed E-state index contributed by atoms with van der Waals surface area (Å²) in [5, 5.41) is 0. The van der Waals surface area contributed by atoms with Gasteiger partial charge in [-0.2, -0.15) is 0 Å². The van der Waals surface area contributed by atoms with Crippen LogP contribution in [-0.2, 0) is 0 Å². The Bertz CT molecular complexity index is 598. The summed E-state index contributed by atoms with van der Waals surface area (Å²) in [4.78, 5) is 4.52. The Hall–Kier alpha value is -1.30. The molecule has 15 heavy (non-hydrogen) atoms. The van der Waals surface area contributed by atoms with Gasteiger partial charge < -0.3 is 4.42 Å². The van der Waals surface area contributed by atoms with E-state index in [9.17, 15) is 0 Å². The van der Waals surface area contributed by atoms with Gasteiger partial charge in [-0.05, 0) is 46.9 Å². The van der Waals surface area contributed by atoms with Gasteiger partial charge in [0.2, 0.25) is 0 Å². The maximum atomic E-state index is 5.35. The molecule has 0 unspecified atom stereocenters. The summed E-state index contributed by atoms with van der Waals surface area (Å²) in [5.41, 5.74) is 1.83. The van der Waals surface area contributed by atoms with Crippen LogP contribution in [0, 0.1) is 3.70 Å². The van der Waals surface area contributed by atoms with Gasteiger partial charge in [0, 0.05) is 6.20 Å². The van der Waals surface area contributed by atoms with E-state index in [2.05, 4.69) is 27.6 Å². The number of pyridine rings is 1. The minimum absolute atomic E-state index is 0.808. The zero-order chi connectivity index (χ0) is 10.3. The molecule has 0 fully saturated rings. The van der Waals surface area contributed by atoms with Crippen LogP contribution < -0.4 is 0 Å². The smallest absolute Gasteiger partial charge is 0.154 e. The minimum Gasteiger partial charge on any atom is -0.463 e. The molecule has 0 aliphatic heterocycles. The Morgan fingerprint density at radius 1 is 1.20 bits per heavy atom. The standard InChI is InChI=1S/C11H7IN2O/c12-11-10(8-4-3-7-15-8)13-9-5-1-2-6-14(9)11/h1-7H. The van der Waals surface area contributed by atoms with Crippen molar-refractivity contribution in [2.45, 2.75) is 0 Å². The number of hydrogen-bond acceptors (Lipinski definition) is 2. The maximum Gasteiger partial charge on any atom is 0.154 e. The molecule has 4 heteroatoms. The van der Waals surface area contributed by atoms with Crippen LogP contribution in [0.4, 0.5) is 0 Å². The van der Waals surface area contributed by atoms with Crippen molar-refractivity contribution >= 4 is 28.2 Å². The molecule has 3 rings (SSSR count). The molecule has 74 valence electrons. The van der Waals surface area contributed by atoms with Gasteiger partial charge in [-0.1, -0.05) is 6.07 Å². The molecule has 0 radical (unpaired) electrons. The highest BCUT2D eigenvalue weighted by atomic mass is 127. The number of imidazole rings is 1. The molecule has 0 amide bonds. The fraction of sp³-hybridized carbons (Fsp3) is 0. The molecule has 3 nitrogen and oxygen atoms in total. The van der Waals surface area contributed by atoms with E-state index in [1.54, 1.807) is 6.26 Å². The Labute approximate surface area is 99.9 Å². The number of rotatable bonds is 1. The first-order valence-corrected chi connectivity index (χ1v) is 5.60. The highest BCUT2D eigenvalue weighted by Crippen LogP contribution is 2.25. The summed E-state index contributed by atoms with van der Waals surface area (Å²) < 4.78 is 8.46. The average Bonchev–Trinajstić information content (AvgIpc) is 2.87. The van der Waals surface area contributed by atoms with E-state index in [1.807, 2.05) is 40.9 Å². The first-order chi connectivity index (χ1) is 7.36. The molecule has 3 aromatic rings. The summed E-state index contributed by atoms with van der Waals surface area (Å²) in [6.45, 7) is 0. The number of hydrogen-bond donors (Lipinski definition) is 0. The lowest BCUT2D eigenvalue weighted by Crippen LogP contribution is -1.84. The summed E-state index contributed by atoms with van der Waals surface area (Å²) in [5.74, 6) is 0.808. The molecular weight excluding hydrogens is 303 g/mol. The molecule has 0 aliphatic rings. The number of fused-ring (bicyclic) bond motifs is 1. The van der Waals surface area contributed by atoms with E-state index >= 15 is 0 Å². The molecular formula is C11H7IN2O. The minimum atomic E-state index is 0.808. The average molecular weight is 310 g/mol. The highest BCUT2D eigenvalue weighted by Gasteiger charge is 2.12. The molecule has 0 bridgehead atoms. The fourth-order valence-corrected chi connectivity index (χ4v) is 2.33. The molecule has 3 heterocycles. The third-order valence-corrected chi connectivity index (χ3v) is 3.26. The molecule has 0 saturated heterocycles. The predicted molar refractivity (Wildman–Crippen MR) is 65.6 cm³/mol. The molecule has 3 aromatic heterocycles. The molecule has 0 atom stereocenters. The Morgan fingerprint density at radius 2 is 2.13 bits per heavy atom. The lowest BCUT2D eigenvalue weighted by Gasteiger charge is -1.93. The topological polar surface area (TPSA) is 30.4 Å². The number of nitrogens with zero attached hydrogens (tertiary/aromatic N) is 2. The fourth-order valence-electron chi connectivity index (χ4n) is 1.54. The van der Waals surface area contributed by atoms with Crippen LogP contribution in [-0.4, -0.2) is 9.38 Å². The third-order valence-electron chi connectivity index (χ3n) is 2.23. The van der Waals surface area contributed by atoms with Gasteiger partial charge in [-0.15, -0.1) is 0 Å². The van der Waals surface area contributed by atoms with Crippen molar-refractivity contribution in [1.82, 2.24) is 9.38 Å². The van der Waals surface area contributed by atoms with Crippen LogP contribution in [0.1, 0.15) is 0 Å². The summed E-state index contributed by atoms with van der Waals surface area (Å²) >= 11 is 2.28. The number of aromatic nitrogens is 2.